The molecule has 0 aromatic heterocycles. The number of hydrogen-bond donors (Lipinski definition) is 2. The molecule has 0 saturated carbocycles. The van der Waals surface area contributed by atoms with Crippen molar-refractivity contribution in [3.63, 3.8) is 0 Å². The van der Waals surface area contributed by atoms with Gasteiger partial charge in [0.15, 0.2) is 0 Å². The largest absolute Gasteiger partial charge is 0.573 e. The van der Waals surface area contributed by atoms with Gasteiger partial charge in [0, 0.05) is 16.8 Å². The first-order chi connectivity index (χ1) is 12.0. The molecule has 2 aromatic carbocycles. The third-order valence-corrected chi connectivity index (χ3v) is 3.01. The van der Waals surface area contributed by atoms with E-state index in [1.807, 2.05) is 0 Å². The summed E-state index contributed by atoms with van der Waals surface area (Å²) < 4.78 is 40.1. The van der Waals surface area contributed by atoms with E-state index in [4.69, 9.17) is 0 Å². The van der Waals surface area contributed by atoms with E-state index in [1.165, 1.54) is 12.1 Å². The smallest absolute Gasteiger partial charge is 0.406 e. The van der Waals surface area contributed by atoms with Crippen LogP contribution >= 0.6 is 0 Å². The summed E-state index contributed by atoms with van der Waals surface area (Å²) in [6.45, 7) is 3.12. The van der Waals surface area contributed by atoms with Gasteiger partial charge in [0.1, 0.15) is 11.4 Å². The van der Waals surface area contributed by atoms with Gasteiger partial charge in [-0.3, -0.25) is 4.79 Å². The van der Waals surface area contributed by atoms with Crippen LogP contribution in [0, 0.1) is 11.8 Å². The lowest BCUT2D eigenvalue weighted by Crippen LogP contribution is -2.17. The molecule has 0 aliphatic rings. The normalized spacial score (nSPS) is 11.3. The standard InChI is InChI=1S/C19H16F3NO3/c1-18(2,25)12-11-13-3-5-14(6-4-13)17(24)23-15-7-9-16(10-8-15)26-19(20,21)22/h3-10,25H,1-2H3,(H,23,24). The predicted molar refractivity (Wildman–Crippen MR) is 90.7 cm³/mol. The SMILES string of the molecule is CC(C)(O)C#Cc1ccc(C(=O)Nc2ccc(OC(F)(F)F)cc2)cc1. The molecule has 0 bridgehead atoms. The number of carbonyl (C=O) groups is 1. The maximum atomic E-state index is 12.2. The summed E-state index contributed by atoms with van der Waals surface area (Å²) in [7, 11) is 0. The Labute approximate surface area is 148 Å². The zero-order chi connectivity index (χ0) is 19.4. The van der Waals surface area contributed by atoms with Crippen LogP contribution in [0.1, 0.15) is 29.8 Å². The summed E-state index contributed by atoms with van der Waals surface area (Å²) in [4.78, 5) is 12.2. The van der Waals surface area contributed by atoms with Gasteiger partial charge in [-0.1, -0.05) is 11.8 Å². The maximum Gasteiger partial charge on any atom is 0.573 e. The van der Waals surface area contributed by atoms with E-state index in [2.05, 4.69) is 21.9 Å². The van der Waals surface area contributed by atoms with Gasteiger partial charge >= 0.3 is 6.36 Å². The summed E-state index contributed by atoms with van der Waals surface area (Å²) in [6.07, 6.45) is -4.76. The highest BCUT2D eigenvalue weighted by Gasteiger charge is 2.30. The van der Waals surface area contributed by atoms with Gasteiger partial charge in [-0.05, 0) is 62.4 Å². The van der Waals surface area contributed by atoms with E-state index < -0.39 is 17.9 Å². The molecule has 0 fully saturated rings. The van der Waals surface area contributed by atoms with Crippen molar-refractivity contribution in [2.24, 2.45) is 0 Å². The molecule has 0 atom stereocenters. The summed E-state index contributed by atoms with van der Waals surface area (Å²) in [5.41, 5.74) is 0.208. The number of ether oxygens (including phenoxy) is 1. The van der Waals surface area contributed by atoms with Gasteiger partial charge in [0.05, 0.1) is 0 Å². The summed E-state index contributed by atoms with van der Waals surface area (Å²) in [5.74, 6) is 4.66. The number of hydrogen-bond acceptors (Lipinski definition) is 3. The Morgan fingerprint density at radius 1 is 1.04 bits per heavy atom. The van der Waals surface area contributed by atoms with Gasteiger partial charge < -0.3 is 15.2 Å². The van der Waals surface area contributed by atoms with Crippen LogP contribution < -0.4 is 10.1 Å². The van der Waals surface area contributed by atoms with Crippen LogP contribution in [0.4, 0.5) is 18.9 Å². The molecule has 4 nitrogen and oxygen atoms in total. The van der Waals surface area contributed by atoms with Crippen molar-refractivity contribution in [2.45, 2.75) is 25.8 Å². The first kappa shape index (κ1) is 19.3. The highest BCUT2D eigenvalue weighted by molar-refractivity contribution is 6.04. The van der Waals surface area contributed by atoms with E-state index in [0.717, 1.165) is 12.1 Å². The molecular weight excluding hydrogens is 347 g/mol. The molecule has 0 heterocycles. The molecule has 26 heavy (non-hydrogen) atoms. The molecule has 0 aliphatic carbocycles. The fourth-order valence-electron chi connectivity index (χ4n) is 1.87. The lowest BCUT2D eigenvalue weighted by Gasteiger charge is -2.10. The molecule has 0 aliphatic heterocycles. The molecule has 136 valence electrons. The topological polar surface area (TPSA) is 58.6 Å². The van der Waals surface area contributed by atoms with Crippen molar-refractivity contribution in [2.75, 3.05) is 5.32 Å². The van der Waals surface area contributed by atoms with E-state index >= 15 is 0 Å². The number of rotatable bonds is 3. The van der Waals surface area contributed by atoms with E-state index in [1.54, 1.807) is 38.1 Å². The molecule has 2 rings (SSSR count). The van der Waals surface area contributed by atoms with Crippen LogP contribution in [-0.4, -0.2) is 23.0 Å². The number of carbonyl (C=O) groups excluding carboxylic acids is 1. The minimum atomic E-state index is -4.76. The fraction of sp³-hybridized carbons (Fsp3) is 0.211. The zero-order valence-corrected chi connectivity index (χ0v) is 14.0. The Hall–Kier alpha value is -2.98. The number of benzene rings is 2. The lowest BCUT2D eigenvalue weighted by molar-refractivity contribution is -0.274. The first-order valence-electron chi connectivity index (χ1n) is 7.55. The van der Waals surface area contributed by atoms with Crippen molar-refractivity contribution in [3.8, 4) is 17.6 Å². The number of alkyl halides is 3. The molecule has 0 radical (unpaired) electrons. The van der Waals surface area contributed by atoms with Gasteiger partial charge in [-0.2, -0.15) is 0 Å². The second-order valence-electron chi connectivity index (χ2n) is 5.91. The zero-order valence-electron chi connectivity index (χ0n) is 14.0. The number of nitrogens with one attached hydrogen (secondary N) is 1. The van der Waals surface area contributed by atoms with Crippen LogP contribution in [-0.2, 0) is 0 Å². The van der Waals surface area contributed by atoms with E-state index in [0.29, 0.717) is 16.8 Å². The molecule has 1 amide bonds. The second-order valence-corrected chi connectivity index (χ2v) is 5.91. The maximum absolute atomic E-state index is 12.2. The number of amides is 1. The highest BCUT2D eigenvalue weighted by Crippen LogP contribution is 2.24. The minimum absolute atomic E-state index is 0.329. The molecule has 2 aromatic rings. The summed E-state index contributed by atoms with van der Waals surface area (Å²) in [5, 5.41) is 12.1. The Kier molecular flexibility index (Phi) is 5.58. The van der Waals surface area contributed by atoms with Crippen molar-refractivity contribution < 1.29 is 27.8 Å². The van der Waals surface area contributed by atoms with Crippen LogP contribution in [0.5, 0.6) is 5.75 Å². The molecule has 0 saturated heterocycles. The third kappa shape index (κ3) is 6.49. The summed E-state index contributed by atoms with van der Waals surface area (Å²) in [6, 6.07) is 11.2. The van der Waals surface area contributed by atoms with Gasteiger partial charge in [-0.25, -0.2) is 0 Å². The van der Waals surface area contributed by atoms with Crippen molar-refractivity contribution >= 4 is 11.6 Å². The van der Waals surface area contributed by atoms with Crippen molar-refractivity contribution in [3.05, 3.63) is 59.7 Å². The average Bonchev–Trinajstić information content (AvgIpc) is 2.53. The number of aliphatic hydroxyl groups is 1. The van der Waals surface area contributed by atoms with Gasteiger partial charge in [-0.15, -0.1) is 13.2 Å². The van der Waals surface area contributed by atoms with Gasteiger partial charge in [0.25, 0.3) is 5.91 Å². The number of anilines is 1. The second kappa shape index (κ2) is 7.50. The number of halogens is 3. The van der Waals surface area contributed by atoms with Crippen LogP contribution in [0.15, 0.2) is 48.5 Å². The van der Waals surface area contributed by atoms with E-state index in [-0.39, 0.29) is 5.75 Å². The molecule has 0 spiro atoms. The quantitative estimate of drug-likeness (QED) is 0.812. The van der Waals surface area contributed by atoms with Crippen molar-refractivity contribution in [1.29, 1.82) is 0 Å². The molecule has 0 unspecified atom stereocenters. The Morgan fingerprint density at radius 2 is 1.62 bits per heavy atom. The predicted octanol–water partition coefficient (Wildman–Crippen LogP) is 3.96. The van der Waals surface area contributed by atoms with Crippen molar-refractivity contribution in [1.82, 2.24) is 0 Å². The fourth-order valence-corrected chi connectivity index (χ4v) is 1.87. The minimum Gasteiger partial charge on any atom is -0.406 e. The Morgan fingerprint density at radius 3 is 2.12 bits per heavy atom. The summed E-state index contributed by atoms with van der Waals surface area (Å²) >= 11 is 0. The molecule has 7 heteroatoms. The van der Waals surface area contributed by atoms with E-state index in [9.17, 15) is 23.1 Å². The van der Waals surface area contributed by atoms with Crippen LogP contribution in [0.3, 0.4) is 0 Å². The van der Waals surface area contributed by atoms with Crippen LogP contribution in [0.2, 0.25) is 0 Å². The Balaban J connectivity index is 2.02. The average molecular weight is 363 g/mol. The monoisotopic (exact) mass is 363 g/mol. The van der Waals surface area contributed by atoms with Gasteiger partial charge in [0.2, 0.25) is 0 Å². The third-order valence-electron chi connectivity index (χ3n) is 3.01. The molecular formula is C19H16F3NO3. The van der Waals surface area contributed by atoms with Crippen LogP contribution in [0.25, 0.3) is 0 Å². The molecule has 2 N–H and O–H groups in total. The Bertz CT molecular complexity index is 824. The highest BCUT2D eigenvalue weighted by atomic mass is 19.4. The first-order valence-corrected chi connectivity index (χ1v) is 7.55. The lowest BCUT2D eigenvalue weighted by atomic mass is 10.1.